The second kappa shape index (κ2) is 9.11. The van der Waals surface area contributed by atoms with Crippen LogP contribution in [0.5, 0.6) is 0 Å². The fourth-order valence-electron chi connectivity index (χ4n) is 9.59. The van der Waals surface area contributed by atoms with Crippen LogP contribution in [-0.4, -0.2) is 17.6 Å². The summed E-state index contributed by atoms with van der Waals surface area (Å²) in [5.74, 6) is -2.60. The first kappa shape index (κ1) is 26.4. The molecule has 1 saturated heterocycles. The second-order valence-electron chi connectivity index (χ2n) is 13.0. The van der Waals surface area contributed by atoms with Gasteiger partial charge in [0.2, 0.25) is 11.8 Å². The molecular formula is C43H27NO3. The fourth-order valence-corrected chi connectivity index (χ4v) is 9.59. The molecule has 2 fully saturated rings. The Kier molecular flexibility index (Phi) is 5.11. The number of Topliss-reactive ketones (excluding diaryl/α,β-unsaturated/α-hetero) is 1. The van der Waals surface area contributed by atoms with E-state index in [4.69, 9.17) is 0 Å². The smallest absolute Gasteiger partial charge is 0.239 e. The summed E-state index contributed by atoms with van der Waals surface area (Å²) in [7, 11) is 0. The number of ketones is 1. The van der Waals surface area contributed by atoms with Gasteiger partial charge in [0.05, 0.1) is 28.4 Å². The summed E-state index contributed by atoms with van der Waals surface area (Å²) in [6, 6.07) is 49.4. The van der Waals surface area contributed by atoms with E-state index in [0.29, 0.717) is 5.69 Å². The highest BCUT2D eigenvalue weighted by atomic mass is 16.2. The Hall–Kier alpha value is -5.87. The number of hydrogen-bond donors (Lipinski definition) is 0. The summed E-state index contributed by atoms with van der Waals surface area (Å²) < 4.78 is 0. The Morgan fingerprint density at radius 1 is 0.404 bits per heavy atom. The molecule has 222 valence electrons. The minimum atomic E-state index is -1.38. The monoisotopic (exact) mass is 605 g/mol. The van der Waals surface area contributed by atoms with Crippen molar-refractivity contribution in [2.24, 2.45) is 11.8 Å². The van der Waals surface area contributed by atoms with Gasteiger partial charge in [-0.15, -0.1) is 0 Å². The zero-order chi connectivity index (χ0) is 31.5. The molecule has 2 bridgehead atoms. The van der Waals surface area contributed by atoms with Crippen molar-refractivity contribution in [2.75, 3.05) is 4.90 Å². The molecule has 47 heavy (non-hydrogen) atoms. The van der Waals surface area contributed by atoms with Gasteiger partial charge in [-0.25, -0.2) is 4.90 Å². The Bertz CT molecular complexity index is 2370. The van der Waals surface area contributed by atoms with E-state index in [-0.39, 0.29) is 17.6 Å². The number of imide groups is 1. The van der Waals surface area contributed by atoms with Gasteiger partial charge in [-0.3, -0.25) is 14.4 Å². The zero-order valence-corrected chi connectivity index (χ0v) is 25.3. The molecule has 0 aromatic heterocycles. The van der Waals surface area contributed by atoms with Crippen LogP contribution in [0, 0.1) is 11.8 Å². The van der Waals surface area contributed by atoms with Crippen molar-refractivity contribution in [3.63, 3.8) is 0 Å². The van der Waals surface area contributed by atoms with Gasteiger partial charge in [0.1, 0.15) is 0 Å². The molecule has 4 nitrogen and oxygen atoms in total. The Balaban J connectivity index is 1.41. The number of rotatable bonds is 3. The number of carbonyl (C=O) groups excluding carboxylic acids is 3. The Labute approximate surface area is 270 Å². The summed E-state index contributed by atoms with van der Waals surface area (Å²) in [5.41, 5.74) is 1.00. The van der Waals surface area contributed by atoms with Crippen LogP contribution in [0.15, 0.2) is 152 Å². The van der Waals surface area contributed by atoms with E-state index in [9.17, 15) is 0 Å². The standard InChI is InChI=1S/C43H27NO3/c45-39-37-38(40(46)44(39)34-25-13-15-26-14-7-8-20-29(26)34)43(28-18-5-2-6-19-28)36-33-24-12-10-22-31(33)30-21-9-11-23-32(30)35(36)42(37,41(43)47)27-16-3-1-4-17-27/h1-25,37-38H/t37-,38+,42+,43-. The van der Waals surface area contributed by atoms with Crippen molar-refractivity contribution in [1.29, 1.82) is 0 Å². The van der Waals surface area contributed by atoms with Gasteiger partial charge in [-0.2, -0.15) is 0 Å². The van der Waals surface area contributed by atoms with Crippen molar-refractivity contribution in [2.45, 2.75) is 10.8 Å². The zero-order valence-electron chi connectivity index (χ0n) is 25.3. The van der Waals surface area contributed by atoms with Gasteiger partial charge >= 0.3 is 0 Å². The van der Waals surface area contributed by atoms with Crippen LogP contribution in [0.1, 0.15) is 22.3 Å². The van der Waals surface area contributed by atoms with E-state index in [1.54, 1.807) is 0 Å². The third-order valence-electron chi connectivity index (χ3n) is 11.1. The van der Waals surface area contributed by atoms with Crippen molar-refractivity contribution in [1.82, 2.24) is 0 Å². The Morgan fingerprint density at radius 3 is 1.32 bits per heavy atom. The van der Waals surface area contributed by atoms with Crippen LogP contribution in [0.3, 0.4) is 0 Å². The first-order chi connectivity index (χ1) is 23.1. The van der Waals surface area contributed by atoms with Gasteiger partial charge in [-0.1, -0.05) is 146 Å². The van der Waals surface area contributed by atoms with Gasteiger partial charge in [0.15, 0.2) is 5.78 Å². The predicted molar refractivity (Wildman–Crippen MR) is 184 cm³/mol. The molecule has 4 atom stereocenters. The minimum absolute atomic E-state index is 0.0897. The number of benzene rings is 7. The summed E-state index contributed by atoms with van der Waals surface area (Å²) in [4.78, 5) is 48.0. The molecular weight excluding hydrogens is 578 g/mol. The van der Waals surface area contributed by atoms with E-state index < -0.39 is 22.7 Å². The molecule has 0 radical (unpaired) electrons. The van der Waals surface area contributed by atoms with Crippen molar-refractivity contribution >= 4 is 55.6 Å². The number of amides is 2. The van der Waals surface area contributed by atoms with Crippen LogP contribution in [-0.2, 0) is 25.2 Å². The molecule has 2 amide bonds. The van der Waals surface area contributed by atoms with Gasteiger partial charge in [0.25, 0.3) is 0 Å². The highest BCUT2D eigenvalue weighted by molar-refractivity contribution is 6.35. The number of anilines is 1. The maximum Gasteiger partial charge on any atom is 0.239 e. The molecule has 0 unspecified atom stereocenters. The lowest BCUT2D eigenvalue weighted by molar-refractivity contribution is -0.130. The predicted octanol–water partition coefficient (Wildman–Crippen LogP) is 8.12. The maximum atomic E-state index is 16.0. The molecule has 1 heterocycles. The second-order valence-corrected chi connectivity index (χ2v) is 13.0. The molecule has 4 heteroatoms. The van der Waals surface area contributed by atoms with E-state index >= 15 is 14.4 Å². The molecule has 1 saturated carbocycles. The van der Waals surface area contributed by atoms with Crippen molar-refractivity contribution in [3.05, 3.63) is 174 Å². The van der Waals surface area contributed by atoms with E-state index in [2.05, 4.69) is 24.3 Å². The molecule has 0 spiro atoms. The van der Waals surface area contributed by atoms with Gasteiger partial charge in [0, 0.05) is 5.39 Å². The third kappa shape index (κ3) is 2.93. The van der Waals surface area contributed by atoms with Gasteiger partial charge < -0.3 is 0 Å². The topological polar surface area (TPSA) is 54.5 Å². The van der Waals surface area contributed by atoms with E-state index in [1.807, 2.05) is 127 Å². The minimum Gasteiger partial charge on any atom is -0.297 e. The molecule has 3 aliphatic rings. The third-order valence-corrected chi connectivity index (χ3v) is 11.1. The lowest BCUT2D eigenvalue weighted by atomic mass is 9.59. The molecule has 2 aliphatic carbocycles. The first-order valence-electron chi connectivity index (χ1n) is 16.1. The molecule has 0 N–H and O–H groups in total. The van der Waals surface area contributed by atoms with Crippen LogP contribution < -0.4 is 4.90 Å². The van der Waals surface area contributed by atoms with Crippen LogP contribution >= 0.6 is 0 Å². The summed E-state index contributed by atoms with van der Waals surface area (Å²) in [6.45, 7) is 0. The molecule has 7 aromatic carbocycles. The van der Waals surface area contributed by atoms with E-state index in [1.165, 1.54) is 4.90 Å². The van der Waals surface area contributed by atoms with Crippen molar-refractivity contribution in [3.8, 4) is 0 Å². The van der Waals surface area contributed by atoms with Crippen molar-refractivity contribution < 1.29 is 14.4 Å². The molecule has 10 rings (SSSR count). The highest BCUT2D eigenvalue weighted by Crippen LogP contribution is 2.72. The number of nitrogens with zero attached hydrogens (tertiary/aromatic N) is 1. The summed E-state index contributed by atoms with van der Waals surface area (Å²) in [6.07, 6.45) is 0. The highest BCUT2D eigenvalue weighted by Gasteiger charge is 2.82. The lowest BCUT2D eigenvalue weighted by Gasteiger charge is -2.38. The maximum absolute atomic E-state index is 16.0. The van der Waals surface area contributed by atoms with Crippen LogP contribution in [0.4, 0.5) is 5.69 Å². The first-order valence-corrected chi connectivity index (χ1v) is 16.1. The number of fused-ring (bicyclic) bond motifs is 14. The SMILES string of the molecule is O=C1[C@@H]2[C@H](C(=O)N1c1cccc3ccccc13)[C@@]1(c3ccccc3)C(=O)[C@]2(c2ccccc2)c2c1c1ccccc1c1ccccc21. The molecule has 7 aromatic rings. The largest absolute Gasteiger partial charge is 0.297 e. The lowest BCUT2D eigenvalue weighted by Crippen LogP contribution is -2.45. The quantitative estimate of drug-likeness (QED) is 0.151. The number of hydrogen-bond acceptors (Lipinski definition) is 3. The Morgan fingerprint density at radius 2 is 0.809 bits per heavy atom. The van der Waals surface area contributed by atoms with Crippen LogP contribution in [0.25, 0.3) is 32.3 Å². The normalized spacial score (nSPS) is 24.4. The average molecular weight is 606 g/mol. The average Bonchev–Trinajstić information content (AvgIpc) is 3.64. The molecule has 1 aliphatic heterocycles. The number of carbonyl (C=O) groups is 3. The van der Waals surface area contributed by atoms with Crippen LogP contribution in [0.2, 0.25) is 0 Å². The summed E-state index contributed by atoms with van der Waals surface area (Å²) in [5, 5.41) is 5.71. The fraction of sp³-hybridized carbons (Fsp3) is 0.0930. The summed E-state index contributed by atoms with van der Waals surface area (Å²) >= 11 is 0. The van der Waals surface area contributed by atoms with Gasteiger partial charge in [-0.05, 0) is 55.3 Å². The van der Waals surface area contributed by atoms with E-state index in [0.717, 1.165) is 54.6 Å².